The number of nitrogens with zero attached hydrogens (tertiary/aromatic N) is 1. The molecular weight excluding hydrogens is 243 g/mol. The Morgan fingerprint density at radius 3 is 2.33 bits per heavy atom. The molecule has 0 aliphatic carbocycles. The molecule has 1 N–H and O–H groups in total. The van der Waals surface area contributed by atoms with Crippen LogP contribution in [0.2, 0.25) is 0 Å². The minimum Gasteiger partial charge on any atom is -0.392 e. The van der Waals surface area contributed by atoms with Gasteiger partial charge in [0.1, 0.15) is 0 Å². The number of aliphatic hydroxyl groups is 1. The van der Waals surface area contributed by atoms with Crippen molar-refractivity contribution < 1.29 is 18.3 Å². The quantitative estimate of drug-likeness (QED) is 0.899. The van der Waals surface area contributed by atoms with Crippen molar-refractivity contribution in [1.82, 2.24) is 0 Å². The Labute approximate surface area is 105 Å². The highest BCUT2D eigenvalue weighted by atomic mass is 19.4. The molecule has 0 atom stereocenters. The van der Waals surface area contributed by atoms with E-state index >= 15 is 0 Å². The van der Waals surface area contributed by atoms with Gasteiger partial charge in [-0.15, -0.1) is 0 Å². The third-order valence-electron chi connectivity index (χ3n) is 2.60. The van der Waals surface area contributed by atoms with Crippen LogP contribution in [0, 0.1) is 5.92 Å². The Kier molecular flexibility index (Phi) is 4.62. The molecule has 0 saturated heterocycles. The van der Waals surface area contributed by atoms with Crippen LogP contribution >= 0.6 is 0 Å². The fraction of sp³-hybridized carbons (Fsp3) is 0.538. The number of anilines is 1. The average molecular weight is 261 g/mol. The van der Waals surface area contributed by atoms with E-state index in [1.807, 2.05) is 13.8 Å². The number of rotatable bonds is 4. The lowest BCUT2D eigenvalue weighted by molar-refractivity contribution is -0.137. The normalized spacial score (nSPS) is 12.0. The molecule has 1 rings (SSSR count). The fourth-order valence-corrected chi connectivity index (χ4v) is 1.89. The van der Waals surface area contributed by atoms with Gasteiger partial charge in [-0.25, -0.2) is 0 Å². The lowest BCUT2D eigenvalue weighted by atomic mass is 10.1. The predicted octanol–water partition coefficient (Wildman–Crippen LogP) is 3.29. The molecule has 0 aliphatic rings. The summed E-state index contributed by atoms with van der Waals surface area (Å²) in [6.45, 7) is 4.05. The molecule has 0 unspecified atom stereocenters. The zero-order valence-electron chi connectivity index (χ0n) is 10.8. The topological polar surface area (TPSA) is 23.5 Å². The van der Waals surface area contributed by atoms with E-state index in [-0.39, 0.29) is 17.2 Å². The highest BCUT2D eigenvalue weighted by molar-refractivity contribution is 5.56. The van der Waals surface area contributed by atoms with Crippen molar-refractivity contribution in [1.29, 1.82) is 0 Å². The summed E-state index contributed by atoms with van der Waals surface area (Å²) in [4.78, 5) is 1.59. The second kappa shape index (κ2) is 5.61. The molecule has 1 aromatic rings. The SMILES string of the molecule is CC(C)CN(C)c1ccc(CO)cc1C(F)(F)F. The Morgan fingerprint density at radius 2 is 1.89 bits per heavy atom. The highest BCUT2D eigenvalue weighted by Crippen LogP contribution is 2.37. The smallest absolute Gasteiger partial charge is 0.392 e. The lowest BCUT2D eigenvalue weighted by Crippen LogP contribution is -2.25. The molecule has 0 radical (unpaired) electrons. The molecule has 1 aromatic carbocycles. The first-order chi connectivity index (χ1) is 8.25. The Balaban J connectivity index is 3.18. The third kappa shape index (κ3) is 3.63. The molecule has 18 heavy (non-hydrogen) atoms. The van der Waals surface area contributed by atoms with Crippen LogP contribution in [-0.2, 0) is 12.8 Å². The number of halogens is 3. The van der Waals surface area contributed by atoms with Crippen LogP contribution in [0.3, 0.4) is 0 Å². The molecule has 0 bridgehead atoms. The maximum absolute atomic E-state index is 13.0. The number of hydrogen-bond donors (Lipinski definition) is 1. The van der Waals surface area contributed by atoms with Gasteiger partial charge in [0.25, 0.3) is 0 Å². The molecule has 0 aromatic heterocycles. The molecule has 102 valence electrons. The number of alkyl halides is 3. The van der Waals surface area contributed by atoms with Crippen molar-refractivity contribution >= 4 is 5.69 Å². The van der Waals surface area contributed by atoms with Crippen LogP contribution in [0.25, 0.3) is 0 Å². The maximum atomic E-state index is 13.0. The summed E-state index contributed by atoms with van der Waals surface area (Å²) in [6, 6.07) is 3.93. The van der Waals surface area contributed by atoms with Crippen LogP contribution in [0.5, 0.6) is 0 Å². The van der Waals surface area contributed by atoms with E-state index in [0.717, 1.165) is 6.07 Å². The summed E-state index contributed by atoms with van der Waals surface area (Å²) in [7, 11) is 1.64. The maximum Gasteiger partial charge on any atom is 0.418 e. The second-order valence-corrected chi connectivity index (χ2v) is 4.78. The first-order valence-electron chi connectivity index (χ1n) is 5.77. The minimum atomic E-state index is -4.41. The molecule has 0 heterocycles. The average Bonchev–Trinajstić information content (AvgIpc) is 2.26. The summed E-state index contributed by atoms with van der Waals surface area (Å²) in [5.41, 5.74) is -0.283. The minimum absolute atomic E-state index is 0.147. The Bertz CT molecular complexity index is 402. The first kappa shape index (κ1) is 14.8. The molecule has 2 nitrogen and oxygen atoms in total. The zero-order chi connectivity index (χ0) is 13.9. The van der Waals surface area contributed by atoms with Gasteiger partial charge >= 0.3 is 6.18 Å². The van der Waals surface area contributed by atoms with Crippen molar-refractivity contribution in [3.8, 4) is 0 Å². The molecular formula is C13H18F3NO. The van der Waals surface area contributed by atoms with Gasteiger partial charge in [-0.05, 0) is 23.6 Å². The molecule has 0 amide bonds. The van der Waals surface area contributed by atoms with Crippen LogP contribution in [0.1, 0.15) is 25.0 Å². The van der Waals surface area contributed by atoms with Crippen molar-refractivity contribution in [3.05, 3.63) is 29.3 Å². The van der Waals surface area contributed by atoms with Crippen molar-refractivity contribution in [2.75, 3.05) is 18.5 Å². The molecule has 0 spiro atoms. The molecule has 0 fully saturated rings. The van der Waals surface area contributed by atoms with E-state index in [1.54, 1.807) is 11.9 Å². The van der Waals surface area contributed by atoms with Gasteiger partial charge in [0, 0.05) is 19.3 Å². The number of benzene rings is 1. The van der Waals surface area contributed by atoms with Gasteiger partial charge in [-0.1, -0.05) is 19.9 Å². The van der Waals surface area contributed by atoms with Crippen LogP contribution < -0.4 is 4.90 Å². The number of aliphatic hydroxyl groups excluding tert-OH is 1. The second-order valence-electron chi connectivity index (χ2n) is 4.78. The summed E-state index contributed by atoms with van der Waals surface area (Å²) < 4.78 is 38.9. The van der Waals surface area contributed by atoms with Gasteiger partial charge in [0.2, 0.25) is 0 Å². The standard InChI is InChI=1S/C13H18F3NO/c1-9(2)7-17(3)12-5-4-10(8-18)6-11(12)13(14,15)16/h4-6,9,18H,7-8H2,1-3H3. The zero-order valence-corrected chi connectivity index (χ0v) is 10.8. The van der Waals surface area contributed by atoms with E-state index in [9.17, 15) is 13.2 Å². The first-order valence-corrected chi connectivity index (χ1v) is 5.77. The van der Waals surface area contributed by atoms with E-state index in [4.69, 9.17) is 5.11 Å². The van der Waals surface area contributed by atoms with Crippen LogP contribution in [0.15, 0.2) is 18.2 Å². The lowest BCUT2D eigenvalue weighted by Gasteiger charge is -2.25. The molecule has 5 heteroatoms. The monoisotopic (exact) mass is 261 g/mol. The Morgan fingerprint density at radius 1 is 1.28 bits per heavy atom. The number of hydrogen-bond acceptors (Lipinski definition) is 2. The van der Waals surface area contributed by atoms with E-state index in [1.165, 1.54) is 12.1 Å². The van der Waals surface area contributed by atoms with Gasteiger partial charge in [0.05, 0.1) is 12.2 Å². The summed E-state index contributed by atoms with van der Waals surface area (Å²) >= 11 is 0. The fourth-order valence-electron chi connectivity index (χ4n) is 1.89. The van der Waals surface area contributed by atoms with Gasteiger partial charge in [0.15, 0.2) is 0 Å². The van der Waals surface area contributed by atoms with E-state index < -0.39 is 18.3 Å². The van der Waals surface area contributed by atoms with Crippen molar-refractivity contribution in [3.63, 3.8) is 0 Å². The molecule has 0 aliphatic heterocycles. The summed E-state index contributed by atoms with van der Waals surface area (Å²) in [5.74, 6) is 0.272. The van der Waals surface area contributed by atoms with E-state index in [0.29, 0.717) is 6.54 Å². The van der Waals surface area contributed by atoms with Gasteiger partial charge in [-0.3, -0.25) is 0 Å². The van der Waals surface area contributed by atoms with Crippen LogP contribution in [0.4, 0.5) is 18.9 Å². The van der Waals surface area contributed by atoms with Crippen LogP contribution in [-0.4, -0.2) is 18.7 Å². The highest BCUT2D eigenvalue weighted by Gasteiger charge is 2.34. The summed E-state index contributed by atoms with van der Waals surface area (Å²) in [6.07, 6.45) is -4.41. The third-order valence-corrected chi connectivity index (χ3v) is 2.60. The van der Waals surface area contributed by atoms with Gasteiger partial charge in [-0.2, -0.15) is 13.2 Å². The predicted molar refractivity (Wildman–Crippen MR) is 65.5 cm³/mol. The van der Waals surface area contributed by atoms with E-state index in [2.05, 4.69) is 0 Å². The summed E-state index contributed by atoms with van der Waals surface area (Å²) in [5, 5.41) is 8.92. The van der Waals surface area contributed by atoms with Gasteiger partial charge < -0.3 is 10.0 Å². The Hall–Kier alpha value is -1.23. The van der Waals surface area contributed by atoms with Crippen molar-refractivity contribution in [2.45, 2.75) is 26.6 Å². The largest absolute Gasteiger partial charge is 0.418 e. The van der Waals surface area contributed by atoms with Crippen molar-refractivity contribution in [2.24, 2.45) is 5.92 Å². The molecule has 0 saturated carbocycles.